The lowest BCUT2D eigenvalue weighted by atomic mass is 10.7. The van der Waals surface area contributed by atoms with Crippen LogP contribution in [0.3, 0.4) is 0 Å². The quantitative estimate of drug-likeness (QED) is 0.435. The van der Waals surface area contributed by atoms with Gasteiger partial charge in [-0.05, 0) is 0 Å². The molecule has 0 aromatic rings. The Morgan fingerprint density at radius 2 is 2.29 bits per heavy atom. The van der Waals surface area contributed by atoms with Crippen LogP contribution in [0.15, 0.2) is 4.99 Å². The lowest BCUT2D eigenvalue weighted by molar-refractivity contribution is -0.113. The van der Waals surface area contributed by atoms with Crippen LogP contribution in [0.5, 0.6) is 0 Å². The number of nitrogens with zero attached hydrogens (tertiary/aromatic N) is 1. The number of urea groups is 1. The average molecular weight is 98.1 g/mol. The standard InChI is InChI=1S/C3H2N2O2/c6-2-1-4-3(7)5-2/h1H,(H,5,6,7). The molecule has 1 rings (SSSR count). The van der Waals surface area contributed by atoms with E-state index in [0.29, 0.717) is 0 Å². The van der Waals surface area contributed by atoms with Crippen molar-refractivity contribution in [3.05, 3.63) is 0 Å². The number of hydrogen-bond acceptors (Lipinski definition) is 2. The number of hydrogen-bond donors (Lipinski definition) is 1. The summed E-state index contributed by atoms with van der Waals surface area (Å²) < 4.78 is 0. The number of imide groups is 1. The fraction of sp³-hybridized carbons (Fsp3) is 0. The number of carbonyl (C=O) groups excluding carboxylic acids is 2. The second-order valence-corrected chi connectivity index (χ2v) is 1.05. The van der Waals surface area contributed by atoms with E-state index in [0.717, 1.165) is 6.21 Å². The van der Waals surface area contributed by atoms with E-state index >= 15 is 0 Å². The first-order valence-electron chi connectivity index (χ1n) is 1.68. The van der Waals surface area contributed by atoms with Gasteiger partial charge in [-0.2, -0.15) is 4.99 Å². The minimum Gasteiger partial charge on any atom is -0.271 e. The fourth-order valence-corrected chi connectivity index (χ4v) is 0.287. The predicted octanol–water partition coefficient (Wildman–Crippen LogP) is -0.693. The molecule has 0 radical (unpaired) electrons. The number of aliphatic imine (C=N–C) groups is 1. The van der Waals surface area contributed by atoms with E-state index in [2.05, 4.69) is 4.99 Å². The molecule has 0 spiro atoms. The maximum Gasteiger partial charge on any atom is 0.348 e. The number of rotatable bonds is 0. The van der Waals surface area contributed by atoms with Crippen molar-refractivity contribution in [3.63, 3.8) is 0 Å². The summed E-state index contributed by atoms with van der Waals surface area (Å²) in [6, 6.07) is -0.579. The molecule has 1 N–H and O–H groups in total. The van der Waals surface area contributed by atoms with Crippen molar-refractivity contribution in [2.45, 2.75) is 0 Å². The Balaban J connectivity index is 2.76. The maximum atomic E-state index is 9.97. The van der Waals surface area contributed by atoms with Gasteiger partial charge in [0.15, 0.2) is 0 Å². The van der Waals surface area contributed by atoms with Gasteiger partial charge in [0.2, 0.25) is 0 Å². The summed E-state index contributed by atoms with van der Waals surface area (Å²) in [6.07, 6.45) is 0.947. The fourth-order valence-electron chi connectivity index (χ4n) is 0.287. The highest BCUT2D eigenvalue weighted by Crippen LogP contribution is 1.78. The number of carbonyl (C=O) groups is 2. The molecule has 36 valence electrons. The van der Waals surface area contributed by atoms with Gasteiger partial charge in [-0.25, -0.2) is 4.79 Å². The monoisotopic (exact) mass is 98.0 g/mol. The summed E-state index contributed by atoms with van der Waals surface area (Å²) >= 11 is 0. The first-order valence-corrected chi connectivity index (χ1v) is 1.68. The Morgan fingerprint density at radius 3 is 2.43 bits per heavy atom. The molecule has 4 nitrogen and oxygen atoms in total. The van der Waals surface area contributed by atoms with Crippen LogP contribution >= 0.6 is 0 Å². The van der Waals surface area contributed by atoms with Crippen LogP contribution < -0.4 is 5.32 Å². The molecule has 7 heavy (non-hydrogen) atoms. The van der Waals surface area contributed by atoms with E-state index in [1.807, 2.05) is 5.32 Å². The Morgan fingerprint density at radius 1 is 1.57 bits per heavy atom. The third-order valence-corrected chi connectivity index (χ3v) is 0.529. The molecule has 0 aromatic heterocycles. The zero-order chi connectivity index (χ0) is 5.28. The van der Waals surface area contributed by atoms with Gasteiger partial charge >= 0.3 is 6.03 Å². The van der Waals surface area contributed by atoms with Gasteiger partial charge in [-0.3, -0.25) is 10.1 Å². The third-order valence-electron chi connectivity index (χ3n) is 0.529. The molecule has 1 aliphatic heterocycles. The molecule has 0 atom stereocenters. The van der Waals surface area contributed by atoms with Crippen molar-refractivity contribution in [3.8, 4) is 0 Å². The predicted molar refractivity (Wildman–Crippen MR) is 22.0 cm³/mol. The highest BCUT2D eigenvalue weighted by Gasteiger charge is 2.08. The largest absolute Gasteiger partial charge is 0.348 e. The van der Waals surface area contributed by atoms with Crippen LogP contribution in [0.4, 0.5) is 4.79 Å². The van der Waals surface area contributed by atoms with Crippen LogP contribution in [0, 0.1) is 0 Å². The van der Waals surface area contributed by atoms with Crippen LogP contribution in [0.25, 0.3) is 0 Å². The molecule has 0 fully saturated rings. The second-order valence-electron chi connectivity index (χ2n) is 1.05. The van der Waals surface area contributed by atoms with E-state index < -0.39 is 11.9 Å². The second kappa shape index (κ2) is 1.14. The average Bonchev–Trinajstić information content (AvgIpc) is 1.87. The van der Waals surface area contributed by atoms with Gasteiger partial charge in [-0.1, -0.05) is 0 Å². The lowest BCUT2D eigenvalue weighted by Crippen LogP contribution is -2.20. The molecular weight excluding hydrogens is 96.0 g/mol. The number of nitrogens with one attached hydrogen (secondary N) is 1. The Labute approximate surface area is 39.2 Å². The zero-order valence-corrected chi connectivity index (χ0v) is 3.34. The van der Waals surface area contributed by atoms with E-state index in [4.69, 9.17) is 0 Å². The van der Waals surface area contributed by atoms with Crippen molar-refractivity contribution in [2.75, 3.05) is 0 Å². The summed E-state index contributed by atoms with van der Waals surface area (Å²) in [6.45, 7) is 0. The Bertz CT molecular complexity index is 133. The van der Waals surface area contributed by atoms with Crippen LogP contribution in [0.1, 0.15) is 0 Å². The first kappa shape index (κ1) is 3.98. The summed E-state index contributed by atoms with van der Waals surface area (Å²) in [7, 11) is 0. The molecule has 0 bridgehead atoms. The van der Waals surface area contributed by atoms with Crippen molar-refractivity contribution < 1.29 is 9.59 Å². The molecule has 0 aromatic carbocycles. The molecule has 1 heterocycles. The minimum absolute atomic E-state index is 0.440. The SMILES string of the molecule is O=C1C=NC(=O)N1. The normalized spacial score (nSPS) is 17.7. The number of amides is 3. The van der Waals surface area contributed by atoms with E-state index in [-0.39, 0.29) is 0 Å². The summed E-state index contributed by atoms with van der Waals surface area (Å²) in [5.41, 5.74) is 0. The van der Waals surface area contributed by atoms with Gasteiger partial charge in [0.25, 0.3) is 5.91 Å². The van der Waals surface area contributed by atoms with Gasteiger partial charge < -0.3 is 0 Å². The van der Waals surface area contributed by atoms with Crippen molar-refractivity contribution in [1.29, 1.82) is 0 Å². The van der Waals surface area contributed by atoms with Crippen LogP contribution in [0.2, 0.25) is 0 Å². The smallest absolute Gasteiger partial charge is 0.271 e. The zero-order valence-electron chi connectivity index (χ0n) is 3.34. The van der Waals surface area contributed by atoms with Crippen LogP contribution in [-0.2, 0) is 4.79 Å². The maximum absolute atomic E-state index is 9.97. The van der Waals surface area contributed by atoms with Crippen LogP contribution in [-0.4, -0.2) is 18.2 Å². The first-order chi connectivity index (χ1) is 3.29. The molecule has 0 aliphatic carbocycles. The van der Waals surface area contributed by atoms with E-state index in [1.54, 1.807) is 0 Å². The minimum atomic E-state index is -0.579. The van der Waals surface area contributed by atoms with Crippen molar-refractivity contribution in [1.82, 2.24) is 5.32 Å². The molecule has 0 unspecified atom stereocenters. The summed E-state index contributed by atoms with van der Waals surface area (Å²) in [4.78, 5) is 23.0. The summed E-state index contributed by atoms with van der Waals surface area (Å²) in [5, 5.41) is 1.92. The molecular formula is C3H2N2O2. The lowest BCUT2D eigenvalue weighted by Gasteiger charge is -1.77. The van der Waals surface area contributed by atoms with E-state index in [9.17, 15) is 9.59 Å². The van der Waals surface area contributed by atoms with Crippen molar-refractivity contribution in [2.24, 2.45) is 4.99 Å². The van der Waals surface area contributed by atoms with Gasteiger partial charge in [0, 0.05) is 0 Å². The highest BCUT2D eigenvalue weighted by atomic mass is 16.2. The van der Waals surface area contributed by atoms with Gasteiger partial charge in [0.1, 0.15) is 0 Å². The molecule has 0 saturated heterocycles. The molecule has 3 amide bonds. The van der Waals surface area contributed by atoms with Crippen molar-refractivity contribution >= 4 is 18.2 Å². The Kier molecular flexibility index (Phi) is 0.651. The van der Waals surface area contributed by atoms with Gasteiger partial charge in [0.05, 0.1) is 6.21 Å². The molecule has 1 aliphatic rings. The highest BCUT2D eigenvalue weighted by molar-refractivity contribution is 6.35. The summed E-state index contributed by atoms with van der Waals surface area (Å²) in [5.74, 6) is -0.440. The molecule has 0 saturated carbocycles. The Hall–Kier alpha value is -1.19. The van der Waals surface area contributed by atoms with Gasteiger partial charge in [-0.15, -0.1) is 0 Å². The topological polar surface area (TPSA) is 58.5 Å². The molecule has 4 heteroatoms. The van der Waals surface area contributed by atoms with E-state index in [1.165, 1.54) is 0 Å². The third kappa shape index (κ3) is 0.623.